The molecule has 0 amide bonds. The van der Waals surface area contributed by atoms with Gasteiger partial charge in [-0.2, -0.15) is 0 Å². The summed E-state index contributed by atoms with van der Waals surface area (Å²) in [5, 5.41) is 4.78. The van der Waals surface area contributed by atoms with E-state index in [4.69, 9.17) is 0 Å². The van der Waals surface area contributed by atoms with Gasteiger partial charge in [-0.15, -0.1) is 0 Å². The first-order chi connectivity index (χ1) is 9.38. The zero-order valence-corrected chi connectivity index (χ0v) is 11.0. The number of fused-ring (bicyclic) bond motifs is 2. The fraction of sp³-hybridized carbons (Fsp3) is 0.438. The van der Waals surface area contributed by atoms with E-state index in [1.165, 1.54) is 30.3 Å². The third-order valence-corrected chi connectivity index (χ3v) is 4.63. The molecule has 19 heavy (non-hydrogen) atoms. The molecule has 1 N–H and O–H groups in total. The summed E-state index contributed by atoms with van der Waals surface area (Å²) in [6, 6.07) is 10.6. The van der Waals surface area contributed by atoms with Crippen molar-refractivity contribution in [3.05, 3.63) is 42.1 Å². The maximum absolute atomic E-state index is 4.53. The van der Waals surface area contributed by atoms with E-state index in [2.05, 4.69) is 45.7 Å². The summed E-state index contributed by atoms with van der Waals surface area (Å²) in [4.78, 5) is 7.15. The molecule has 0 spiro atoms. The fourth-order valence-corrected chi connectivity index (χ4v) is 3.63. The molecule has 0 saturated carbocycles. The fourth-order valence-electron chi connectivity index (χ4n) is 3.63. The van der Waals surface area contributed by atoms with Gasteiger partial charge in [0.1, 0.15) is 0 Å². The number of hydrogen-bond donors (Lipinski definition) is 1. The number of piperazine rings is 1. The highest BCUT2D eigenvalue weighted by Crippen LogP contribution is 2.39. The Hall–Kier alpha value is -1.45. The van der Waals surface area contributed by atoms with Crippen molar-refractivity contribution in [3.8, 4) is 0 Å². The van der Waals surface area contributed by atoms with Gasteiger partial charge in [0.2, 0.25) is 0 Å². The normalized spacial score (nSPS) is 27.6. The van der Waals surface area contributed by atoms with Crippen LogP contribution < -0.4 is 5.32 Å². The standard InChI is InChI=1S/C16H18N3/c1-2-5-15-13(4-1)10-14(11-18-15)16-6-3-8-19(16)9-7-17-12-16/h1-2,4-5,10,17H,3,6-9,12H2. The lowest BCUT2D eigenvalue weighted by atomic mass is 9.86. The number of para-hydroxylation sites is 1. The van der Waals surface area contributed by atoms with Gasteiger partial charge < -0.3 is 5.32 Å². The van der Waals surface area contributed by atoms with Crippen molar-refractivity contribution in [1.82, 2.24) is 15.2 Å². The maximum atomic E-state index is 4.53. The van der Waals surface area contributed by atoms with E-state index in [0.29, 0.717) is 0 Å². The third kappa shape index (κ3) is 1.69. The molecule has 3 heterocycles. The van der Waals surface area contributed by atoms with Crippen molar-refractivity contribution >= 4 is 10.9 Å². The van der Waals surface area contributed by atoms with Crippen LogP contribution in [0.25, 0.3) is 10.9 Å². The molecular formula is C16H18N3. The predicted molar refractivity (Wildman–Crippen MR) is 75.9 cm³/mol. The molecule has 1 aromatic carbocycles. The Balaban J connectivity index is 1.84. The van der Waals surface area contributed by atoms with E-state index < -0.39 is 0 Å². The Morgan fingerprint density at radius 2 is 2.21 bits per heavy atom. The van der Waals surface area contributed by atoms with Crippen LogP contribution in [0.3, 0.4) is 0 Å². The second kappa shape index (κ2) is 4.29. The van der Waals surface area contributed by atoms with Crippen molar-refractivity contribution in [3.63, 3.8) is 0 Å². The lowest BCUT2D eigenvalue weighted by molar-refractivity contribution is 0.103. The van der Waals surface area contributed by atoms with E-state index in [0.717, 1.165) is 25.2 Å². The number of nitrogens with one attached hydrogen (secondary N) is 1. The quantitative estimate of drug-likeness (QED) is 0.840. The molecule has 2 saturated heterocycles. The highest BCUT2D eigenvalue weighted by molar-refractivity contribution is 5.78. The van der Waals surface area contributed by atoms with E-state index in [1.807, 2.05) is 6.07 Å². The number of rotatable bonds is 1. The average molecular weight is 252 g/mol. The van der Waals surface area contributed by atoms with E-state index in [1.54, 1.807) is 0 Å². The second-order valence-corrected chi connectivity index (χ2v) is 5.64. The molecule has 0 bridgehead atoms. The van der Waals surface area contributed by atoms with Gasteiger partial charge in [0.05, 0.1) is 17.3 Å². The molecule has 1 radical (unpaired) electrons. The molecule has 2 aliphatic heterocycles. The van der Waals surface area contributed by atoms with Crippen LogP contribution in [-0.4, -0.2) is 36.1 Å². The molecule has 0 aliphatic carbocycles. The van der Waals surface area contributed by atoms with Gasteiger partial charge in [0.15, 0.2) is 0 Å². The highest BCUT2D eigenvalue weighted by Gasteiger charge is 2.44. The van der Waals surface area contributed by atoms with Crippen molar-refractivity contribution in [1.29, 1.82) is 0 Å². The summed E-state index contributed by atoms with van der Waals surface area (Å²) >= 11 is 0. The highest BCUT2D eigenvalue weighted by atomic mass is 15.3. The molecule has 3 heteroatoms. The Morgan fingerprint density at radius 1 is 1.26 bits per heavy atom. The van der Waals surface area contributed by atoms with Gasteiger partial charge in [0, 0.05) is 30.6 Å². The molecule has 3 nitrogen and oxygen atoms in total. The smallest absolute Gasteiger partial charge is 0.0948 e. The van der Waals surface area contributed by atoms with Gasteiger partial charge in [-0.3, -0.25) is 4.90 Å². The molecule has 4 rings (SSSR count). The molecule has 1 aromatic heterocycles. The summed E-state index contributed by atoms with van der Waals surface area (Å²) in [5.74, 6) is 0. The molecular weight excluding hydrogens is 234 g/mol. The minimum Gasteiger partial charge on any atom is -0.313 e. The Bertz CT molecular complexity index is 610. The van der Waals surface area contributed by atoms with E-state index in [-0.39, 0.29) is 5.54 Å². The largest absolute Gasteiger partial charge is 0.313 e. The van der Waals surface area contributed by atoms with Gasteiger partial charge in [-0.1, -0.05) is 18.2 Å². The van der Waals surface area contributed by atoms with Crippen molar-refractivity contribution in [2.24, 2.45) is 0 Å². The number of aromatic nitrogens is 1. The first-order valence-corrected chi connectivity index (χ1v) is 7.12. The SMILES string of the molecule is [c]1nc2ccccc2cc1C12CCCN1CCNC2. The van der Waals surface area contributed by atoms with Crippen LogP contribution in [0.2, 0.25) is 0 Å². The number of nitrogens with zero attached hydrogens (tertiary/aromatic N) is 2. The zero-order valence-electron chi connectivity index (χ0n) is 11.0. The molecule has 2 aromatic rings. The van der Waals surface area contributed by atoms with Crippen LogP contribution in [0.5, 0.6) is 0 Å². The summed E-state index contributed by atoms with van der Waals surface area (Å²) < 4.78 is 0. The van der Waals surface area contributed by atoms with Gasteiger partial charge in [-0.25, -0.2) is 4.98 Å². The molecule has 97 valence electrons. The predicted octanol–water partition coefficient (Wildman–Crippen LogP) is 1.93. The topological polar surface area (TPSA) is 28.2 Å². The van der Waals surface area contributed by atoms with E-state index >= 15 is 0 Å². The second-order valence-electron chi connectivity index (χ2n) is 5.64. The average Bonchev–Trinajstić information content (AvgIpc) is 2.92. The number of benzene rings is 1. The third-order valence-electron chi connectivity index (χ3n) is 4.63. The molecule has 2 aliphatic rings. The van der Waals surface area contributed by atoms with Crippen LogP contribution in [0, 0.1) is 6.20 Å². The van der Waals surface area contributed by atoms with E-state index in [9.17, 15) is 0 Å². The molecule has 1 unspecified atom stereocenters. The Labute approximate surface area is 113 Å². The lowest BCUT2D eigenvalue weighted by Crippen LogP contribution is -2.55. The number of pyridine rings is 1. The summed E-state index contributed by atoms with van der Waals surface area (Å²) in [6.07, 6.45) is 5.81. The van der Waals surface area contributed by atoms with Crippen molar-refractivity contribution in [2.45, 2.75) is 18.4 Å². The molecule has 2 fully saturated rings. The minimum absolute atomic E-state index is 0.134. The van der Waals surface area contributed by atoms with Gasteiger partial charge in [-0.05, 0) is 31.5 Å². The van der Waals surface area contributed by atoms with Gasteiger partial charge in [0.25, 0.3) is 0 Å². The van der Waals surface area contributed by atoms with Crippen molar-refractivity contribution in [2.75, 3.05) is 26.2 Å². The van der Waals surface area contributed by atoms with Crippen LogP contribution in [0.15, 0.2) is 30.3 Å². The minimum atomic E-state index is 0.134. The van der Waals surface area contributed by atoms with Crippen molar-refractivity contribution < 1.29 is 0 Å². The van der Waals surface area contributed by atoms with Crippen LogP contribution in [-0.2, 0) is 5.54 Å². The van der Waals surface area contributed by atoms with Crippen LogP contribution >= 0.6 is 0 Å². The summed E-state index contributed by atoms with van der Waals surface area (Å²) in [6.45, 7) is 4.48. The lowest BCUT2D eigenvalue weighted by Gasteiger charge is -2.43. The first kappa shape index (κ1) is 11.4. The van der Waals surface area contributed by atoms with Crippen LogP contribution in [0.1, 0.15) is 18.4 Å². The summed E-state index contributed by atoms with van der Waals surface area (Å²) in [5.41, 5.74) is 2.43. The van der Waals surface area contributed by atoms with Gasteiger partial charge >= 0.3 is 0 Å². The van der Waals surface area contributed by atoms with Crippen LogP contribution in [0.4, 0.5) is 0 Å². The molecule has 1 atom stereocenters. The number of hydrogen-bond acceptors (Lipinski definition) is 3. The summed E-state index contributed by atoms with van der Waals surface area (Å²) in [7, 11) is 0. The monoisotopic (exact) mass is 252 g/mol. The Morgan fingerprint density at radius 3 is 3.21 bits per heavy atom. The zero-order chi connectivity index (χ0) is 12.7. The maximum Gasteiger partial charge on any atom is 0.0948 e. The first-order valence-electron chi connectivity index (χ1n) is 7.12. The Kier molecular flexibility index (Phi) is 2.57.